The predicted molar refractivity (Wildman–Crippen MR) is 89.0 cm³/mol. The number of hydrogen-bond donors (Lipinski definition) is 0. The van der Waals surface area contributed by atoms with Gasteiger partial charge in [0.1, 0.15) is 0 Å². The van der Waals surface area contributed by atoms with E-state index in [-0.39, 0.29) is 3.57 Å². The number of benzene rings is 2. The number of alkyl halides is 6. The second-order valence-corrected chi connectivity index (χ2v) is 5.66. The Balaban J connectivity index is 0.000000511. The van der Waals surface area contributed by atoms with Gasteiger partial charge < -0.3 is 9.47 Å². The third-order valence-corrected chi connectivity index (χ3v) is 3.31. The Hall–Kier alpha value is -2.31. The van der Waals surface area contributed by atoms with Crippen molar-refractivity contribution in [3.8, 4) is 11.5 Å². The summed E-state index contributed by atoms with van der Waals surface area (Å²) in [4.78, 5) is 21.4. The maximum Gasteiger partial charge on any atom is 0.491 e. The van der Waals surface area contributed by atoms with Gasteiger partial charge in [-0.3, -0.25) is 0 Å². The fraction of sp³-hybridized carbons (Fsp3) is 0.125. The lowest BCUT2D eigenvalue weighted by Gasteiger charge is -2.13. The summed E-state index contributed by atoms with van der Waals surface area (Å²) in [5.74, 6) is -7.20. The summed E-state index contributed by atoms with van der Waals surface area (Å²) in [7, 11) is 0. The van der Waals surface area contributed by atoms with Crippen molar-refractivity contribution in [1.82, 2.24) is 0 Å². The van der Waals surface area contributed by atoms with Crippen LogP contribution in [0, 0.1) is 3.57 Å². The van der Waals surface area contributed by atoms with Crippen LogP contribution >= 0.6 is 22.6 Å². The molecule has 0 amide bonds. The maximum atomic E-state index is 12.1. The van der Waals surface area contributed by atoms with Crippen LogP contribution in [0.3, 0.4) is 0 Å². The van der Waals surface area contributed by atoms with E-state index in [9.17, 15) is 35.9 Å². The van der Waals surface area contributed by atoms with E-state index in [1.807, 2.05) is 36.4 Å². The monoisotopic (exact) mass is 506 g/mol. The molecule has 0 spiro atoms. The summed E-state index contributed by atoms with van der Waals surface area (Å²) in [6.45, 7) is 0. The highest BCUT2D eigenvalue weighted by Crippen LogP contribution is 2.35. The predicted octanol–water partition coefficient (Wildman–Crippen LogP) is 4.91. The molecule has 0 bridgehead atoms. The van der Waals surface area contributed by atoms with Gasteiger partial charge in [0, 0.05) is 0 Å². The fourth-order valence-corrected chi connectivity index (χ4v) is 1.95. The second-order valence-electron chi connectivity index (χ2n) is 4.50. The molecule has 27 heavy (non-hydrogen) atoms. The molecule has 0 atom stereocenters. The molecule has 0 aliphatic rings. The number of hydrogen-bond acceptors (Lipinski definition) is 4. The first kappa shape index (κ1) is 22.7. The van der Waals surface area contributed by atoms with Gasteiger partial charge in [-0.15, -0.1) is 0 Å². The molecule has 11 heteroatoms. The molecule has 0 aromatic heterocycles. The van der Waals surface area contributed by atoms with Gasteiger partial charge in [-0.2, -0.15) is 26.3 Å². The van der Waals surface area contributed by atoms with Gasteiger partial charge in [0.25, 0.3) is 0 Å². The summed E-state index contributed by atoms with van der Waals surface area (Å²) in [5.41, 5.74) is 0. The molecular weight excluding hydrogens is 497 g/mol. The van der Waals surface area contributed by atoms with Crippen LogP contribution in [0.2, 0.25) is 0 Å². The van der Waals surface area contributed by atoms with Crippen LogP contribution < -0.4 is 9.47 Å². The number of carbonyl (C=O) groups is 2. The van der Waals surface area contributed by atoms with Crippen molar-refractivity contribution >= 4 is 34.5 Å². The molecule has 2 rings (SSSR count). The third-order valence-electron chi connectivity index (χ3n) is 2.46. The molecule has 2 aromatic rings. The summed E-state index contributed by atoms with van der Waals surface area (Å²) in [5, 5.41) is 0. The largest absolute Gasteiger partial charge is 0.491 e. The Morgan fingerprint density at radius 1 is 0.704 bits per heavy atom. The molecule has 146 valence electrons. The Morgan fingerprint density at radius 2 is 1.11 bits per heavy atom. The molecule has 0 saturated heterocycles. The summed E-state index contributed by atoms with van der Waals surface area (Å²) < 4.78 is 80.1. The minimum absolute atomic E-state index is 0.155. The molecule has 0 N–H and O–H groups in total. The molecular formula is C16H9F6IO4. The van der Waals surface area contributed by atoms with Gasteiger partial charge >= 0.3 is 24.3 Å². The number of halogens is 7. The van der Waals surface area contributed by atoms with Gasteiger partial charge in [-0.05, 0) is 34.7 Å². The van der Waals surface area contributed by atoms with E-state index >= 15 is 0 Å². The van der Waals surface area contributed by atoms with E-state index in [2.05, 4.69) is 9.47 Å². The Morgan fingerprint density at radius 3 is 1.52 bits per heavy atom. The van der Waals surface area contributed by atoms with E-state index in [4.69, 9.17) is 0 Å². The van der Waals surface area contributed by atoms with Crippen LogP contribution in [0.1, 0.15) is 0 Å². The van der Waals surface area contributed by atoms with Crippen LogP contribution in [0.5, 0.6) is 11.5 Å². The lowest BCUT2D eigenvalue weighted by Crippen LogP contribution is -2.30. The van der Waals surface area contributed by atoms with Crippen molar-refractivity contribution in [3.05, 3.63) is 58.2 Å². The maximum absolute atomic E-state index is 12.1. The summed E-state index contributed by atoms with van der Waals surface area (Å²) in [6.07, 6.45) is -10.7. The van der Waals surface area contributed by atoms with Crippen molar-refractivity contribution in [2.75, 3.05) is 0 Å². The normalized spacial score (nSPS) is 11.1. The average molecular weight is 506 g/mol. The van der Waals surface area contributed by atoms with Crippen LogP contribution in [0.15, 0.2) is 54.6 Å². The van der Waals surface area contributed by atoms with Gasteiger partial charge in [0.2, 0.25) is 0 Å². The highest BCUT2D eigenvalue weighted by atomic mass is 127. The fourth-order valence-electron chi connectivity index (χ4n) is 1.36. The third kappa shape index (κ3) is 7.85. The molecule has 4 nitrogen and oxygen atoms in total. The van der Waals surface area contributed by atoms with E-state index in [0.29, 0.717) is 0 Å². The van der Waals surface area contributed by atoms with E-state index in [1.165, 1.54) is 22.6 Å². The summed E-state index contributed by atoms with van der Waals surface area (Å²) >= 11 is 1.40. The molecule has 0 aliphatic carbocycles. The first-order valence-corrected chi connectivity index (χ1v) is 7.87. The van der Waals surface area contributed by atoms with Gasteiger partial charge in [-0.25, -0.2) is 9.59 Å². The van der Waals surface area contributed by atoms with Crippen LogP contribution in [-0.2, 0) is 9.59 Å². The molecule has 0 fully saturated rings. The highest BCUT2D eigenvalue weighted by molar-refractivity contribution is 14.1. The van der Waals surface area contributed by atoms with E-state index in [1.54, 1.807) is 0 Å². The van der Waals surface area contributed by atoms with Crippen LogP contribution in [-0.4, -0.2) is 24.3 Å². The number of esters is 2. The molecule has 0 unspecified atom stereocenters. The lowest BCUT2D eigenvalue weighted by molar-refractivity contribution is -0.191. The number of ether oxygens (including phenoxy) is 2. The second kappa shape index (κ2) is 9.58. The number of para-hydroxylation sites is 1. The Bertz CT molecular complexity index is 748. The zero-order chi connectivity index (χ0) is 20.7. The van der Waals surface area contributed by atoms with Crippen molar-refractivity contribution in [3.63, 3.8) is 0 Å². The minimum atomic E-state index is -5.36. The van der Waals surface area contributed by atoms with Gasteiger partial charge in [-0.1, -0.05) is 42.5 Å². The van der Waals surface area contributed by atoms with Gasteiger partial charge in [0.05, 0.1) is 3.57 Å². The molecule has 0 radical (unpaired) electrons. The van der Waals surface area contributed by atoms with Crippen LogP contribution in [0.4, 0.5) is 26.3 Å². The first-order chi connectivity index (χ1) is 12.4. The first-order valence-electron chi connectivity index (χ1n) is 6.79. The smallest absolute Gasteiger partial charge is 0.416 e. The summed E-state index contributed by atoms with van der Waals surface area (Å²) in [6, 6.07) is 15.0. The quantitative estimate of drug-likeness (QED) is 0.252. The number of carbonyl (C=O) groups excluding carboxylic acids is 2. The highest BCUT2D eigenvalue weighted by Gasteiger charge is 2.44. The average Bonchev–Trinajstić information content (AvgIpc) is 2.58. The van der Waals surface area contributed by atoms with Crippen molar-refractivity contribution in [2.45, 2.75) is 12.4 Å². The van der Waals surface area contributed by atoms with Crippen molar-refractivity contribution < 1.29 is 45.4 Å². The Kier molecular flexibility index (Phi) is 8.06. The zero-order valence-electron chi connectivity index (χ0n) is 13.0. The SMILES string of the molecule is O=C(Oc1cccc(I)c1OC(=O)C(F)(F)F)C(F)(F)F.c1ccccc1. The lowest BCUT2D eigenvalue weighted by atomic mass is 10.3. The van der Waals surface area contributed by atoms with Crippen molar-refractivity contribution in [1.29, 1.82) is 0 Å². The van der Waals surface area contributed by atoms with Crippen LogP contribution in [0.25, 0.3) is 0 Å². The molecule has 0 saturated carbocycles. The standard InChI is InChI=1S/C10H3F6IO4.C6H6/c11-9(12,13)7(18)20-5-3-1-2-4(17)6(5)21-8(19)10(14,15)16;1-2-4-6-5-3-1/h1-3H;1-6H. The zero-order valence-corrected chi connectivity index (χ0v) is 15.1. The molecule has 0 heterocycles. The minimum Gasteiger partial charge on any atom is -0.416 e. The Labute approximate surface area is 162 Å². The van der Waals surface area contributed by atoms with E-state index < -0.39 is 35.8 Å². The van der Waals surface area contributed by atoms with Crippen molar-refractivity contribution in [2.24, 2.45) is 0 Å². The molecule has 2 aromatic carbocycles. The van der Waals surface area contributed by atoms with Gasteiger partial charge in [0.15, 0.2) is 11.5 Å². The van der Waals surface area contributed by atoms with E-state index in [0.717, 1.165) is 18.2 Å². The molecule has 0 aliphatic heterocycles. The topological polar surface area (TPSA) is 52.6 Å². The number of rotatable bonds is 2.